The van der Waals surface area contributed by atoms with Crippen LogP contribution in [0, 0.1) is 6.92 Å². The van der Waals surface area contributed by atoms with Crippen LogP contribution in [0.15, 0.2) is 18.3 Å². The molecule has 1 aromatic heterocycles. The second kappa shape index (κ2) is 6.53. The molecule has 0 bridgehead atoms. The number of carboxylic acid groups (broad SMARTS) is 1. The van der Waals surface area contributed by atoms with E-state index in [0.717, 1.165) is 11.6 Å². The summed E-state index contributed by atoms with van der Waals surface area (Å²) >= 11 is 0. The number of primary amides is 1. The molecule has 0 unspecified atom stereocenters. The van der Waals surface area contributed by atoms with Crippen molar-refractivity contribution in [1.29, 1.82) is 0 Å². The highest BCUT2D eigenvalue weighted by atomic mass is 16.4. The van der Waals surface area contributed by atoms with Gasteiger partial charge in [0.2, 0.25) is 5.91 Å². The molecular formula is C13H17N3O3. The lowest BCUT2D eigenvalue weighted by atomic mass is 10.2. The molecule has 0 aliphatic heterocycles. The molecule has 6 nitrogen and oxygen atoms in total. The van der Waals surface area contributed by atoms with E-state index in [9.17, 15) is 9.59 Å². The summed E-state index contributed by atoms with van der Waals surface area (Å²) in [6.45, 7) is 4.47. The summed E-state index contributed by atoms with van der Waals surface area (Å²) in [6.07, 6.45) is 4.08. The van der Waals surface area contributed by atoms with Gasteiger partial charge in [-0.1, -0.05) is 0 Å². The minimum absolute atomic E-state index is 0.106. The first-order valence-corrected chi connectivity index (χ1v) is 5.85. The number of carboxylic acids is 1. The third kappa shape index (κ3) is 4.42. The van der Waals surface area contributed by atoms with Crippen LogP contribution in [0.3, 0.4) is 0 Å². The molecule has 0 radical (unpaired) electrons. The lowest BCUT2D eigenvalue weighted by Crippen LogP contribution is -2.34. The van der Waals surface area contributed by atoms with Crippen molar-refractivity contribution in [3.63, 3.8) is 0 Å². The molecule has 1 heterocycles. The Morgan fingerprint density at radius 1 is 1.53 bits per heavy atom. The van der Waals surface area contributed by atoms with Crippen LogP contribution in [0.5, 0.6) is 0 Å². The molecule has 0 saturated carbocycles. The number of carbonyl (C=O) groups is 2. The number of aliphatic carboxylic acids is 1. The van der Waals surface area contributed by atoms with Crippen LogP contribution in [0.2, 0.25) is 0 Å². The van der Waals surface area contributed by atoms with Gasteiger partial charge < -0.3 is 15.7 Å². The Bertz CT molecular complexity index is 512. The summed E-state index contributed by atoms with van der Waals surface area (Å²) in [5.74, 6) is -0.752. The van der Waals surface area contributed by atoms with Crippen molar-refractivity contribution in [3.8, 4) is 0 Å². The number of hydrogen-bond acceptors (Lipinski definition) is 4. The molecule has 6 heteroatoms. The van der Waals surface area contributed by atoms with Gasteiger partial charge in [-0.05, 0) is 37.1 Å². The molecule has 3 N–H and O–H groups in total. The van der Waals surface area contributed by atoms with Crippen molar-refractivity contribution in [1.82, 2.24) is 4.98 Å². The van der Waals surface area contributed by atoms with Crippen LogP contribution in [0.1, 0.15) is 18.1 Å². The number of aryl methyl sites for hydroxylation is 1. The normalized spacial score (nSPS) is 10.6. The number of anilines is 1. The van der Waals surface area contributed by atoms with E-state index in [1.165, 1.54) is 6.08 Å². The first kappa shape index (κ1) is 14.7. The third-order valence-corrected chi connectivity index (χ3v) is 2.52. The van der Waals surface area contributed by atoms with E-state index < -0.39 is 11.9 Å². The number of nitrogens with two attached hydrogens (primary N) is 1. The second-order valence-corrected chi connectivity index (χ2v) is 4.06. The highest BCUT2D eigenvalue weighted by Crippen LogP contribution is 2.18. The summed E-state index contributed by atoms with van der Waals surface area (Å²) in [5.41, 5.74) is 6.73. The molecule has 102 valence electrons. The van der Waals surface area contributed by atoms with E-state index in [4.69, 9.17) is 10.8 Å². The van der Waals surface area contributed by atoms with E-state index in [-0.39, 0.29) is 6.54 Å². The predicted octanol–water partition coefficient (Wildman–Crippen LogP) is 0.799. The first-order valence-electron chi connectivity index (χ1n) is 5.85. The van der Waals surface area contributed by atoms with Crippen molar-refractivity contribution < 1.29 is 14.7 Å². The van der Waals surface area contributed by atoms with Gasteiger partial charge in [-0.15, -0.1) is 0 Å². The van der Waals surface area contributed by atoms with Crippen molar-refractivity contribution in [2.45, 2.75) is 13.8 Å². The Balaban J connectivity index is 2.98. The number of hydrogen-bond donors (Lipinski definition) is 2. The number of carbonyl (C=O) groups excluding carboxylic acids is 1. The zero-order valence-electron chi connectivity index (χ0n) is 11.0. The summed E-state index contributed by atoms with van der Waals surface area (Å²) in [7, 11) is 0. The Hall–Kier alpha value is -2.37. The van der Waals surface area contributed by atoms with Crippen LogP contribution in [-0.4, -0.2) is 35.1 Å². The third-order valence-electron chi connectivity index (χ3n) is 2.52. The highest BCUT2D eigenvalue weighted by Gasteiger charge is 2.11. The number of rotatable bonds is 6. The van der Waals surface area contributed by atoms with Crippen molar-refractivity contribution >= 4 is 23.8 Å². The minimum Gasteiger partial charge on any atom is -0.478 e. The topological polar surface area (TPSA) is 96.5 Å². The van der Waals surface area contributed by atoms with E-state index in [1.54, 1.807) is 11.1 Å². The maximum absolute atomic E-state index is 11.0. The summed E-state index contributed by atoms with van der Waals surface area (Å²) < 4.78 is 0. The fourth-order valence-corrected chi connectivity index (χ4v) is 1.70. The Morgan fingerprint density at radius 2 is 2.21 bits per heavy atom. The Labute approximate surface area is 111 Å². The van der Waals surface area contributed by atoms with Crippen LogP contribution >= 0.6 is 0 Å². The maximum atomic E-state index is 11.0. The highest BCUT2D eigenvalue weighted by molar-refractivity contribution is 5.85. The average molecular weight is 263 g/mol. The van der Waals surface area contributed by atoms with Gasteiger partial charge in [0.15, 0.2) is 0 Å². The summed E-state index contributed by atoms with van der Waals surface area (Å²) in [5, 5.41) is 8.56. The average Bonchev–Trinajstić information content (AvgIpc) is 2.33. The lowest BCUT2D eigenvalue weighted by Gasteiger charge is -2.22. The van der Waals surface area contributed by atoms with Crippen molar-refractivity contribution in [3.05, 3.63) is 29.5 Å². The van der Waals surface area contributed by atoms with Crippen LogP contribution in [0.25, 0.3) is 6.08 Å². The summed E-state index contributed by atoms with van der Waals surface area (Å²) in [6, 6.07) is 1.81. The van der Waals surface area contributed by atoms with Crippen molar-refractivity contribution in [2.24, 2.45) is 5.73 Å². The van der Waals surface area contributed by atoms with E-state index in [1.807, 2.05) is 19.9 Å². The molecule has 0 atom stereocenters. The van der Waals surface area contributed by atoms with E-state index >= 15 is 0 Å². The molecule has 1 amide bonds. The van der Waals surface area contributed by atoms with Crippen LogP contribution < -0.4 is 10.6 Å². The molecule has 19 heavy (non-hydrogen) atoms. The number of likely N-dealkylation sites (N-methyl/N-ethyl adjacent to an activating group) is 1. The molecule has 0 spiro atoms. The molecule has 0 aliphatic carbocycles. The monoisotopic (exact) mass is 263 g/mol. The number of amides is 1. The molecular weight excluding hydrogens is 246 g/mol. The SMILES string of the molecule is CCN(CC(N)=O)c1ncc(/C=C/C(=O)O)cc1C. The zero-order chi connectivity index (χ0) is 14.4. The lowest BCUT2D eigenvalue weighted by molar-refractivity contribution is -0.131. The number of aromatic nitrogens is 1. The first-order chi connectivity index (χ1) is 8.93. The van der Waals surface area contributed by atoms with E-state index in [0.29, 0.717) is 17.9 Å². The van der Waals surface area contributed by atoms with Gasteiger partial charge in [0.1, 0.15) is 5.82 Å². The van der Waals surface area contributed by atoms with Crippen molar-refractivity contribution in [2.75, 3.05) is 18.0 Å². The quantitative estimate of drug-likeness (QED) is 0.740. The van der Waals surface area contributed by atoms with E-state index in [2.05, 4.69) is 4.98 Å². The Kier molecular flexibility index (Phi) is 5.05. The zero-order valence-corrected chi connectivity index (χ0v) is 11.0. The Morgan fingerprint density at radius 3 is 2.68 bits per heavy atom. The molecule has 1 rings (SSSR count). The number of pyridine rings is 1. The fraction of sp³-hybridized carbons (Fsp3) is 0.308. The molecule has 0 saturated heterocycles. The van der Waals surface area contributed by atoms with Gasteiger partial charge in [0.05, 0.1) is 6.54 Å². The van der Waals surface area contributed by atoms with Gasteiger partial charge in [-0.2, -0.15) is 0 Å². The standard InChI is InChI=1S/C13H17N3O3/c1-3-16(8-11(14)17)13-9(2)6-10(7-15-13)4-5-12(18)19/h4-7H,3,8H2,1-2H3,(H2,14,17)(H,18,19)/b5-4+. The van der Waals surface area contributed by atoms with Gasteiger partial charge in [0.25, 0.3) is 0 Å². The maximum Gasteiger partial charge on any atom is 0.328 e. The molecule has 0 fully saturated rings. The number of nitrogens with zero attached hydrogens (tertiary/aromatic N) is 2. The second-order valence-electron chi connectivity index (χ2n) is 4.06. The summed E-state index contributed by atoms with van der Waals surface area (Å²) in [4.78, 5) is 27.4. The van der Waals surface area contributed by atoms with Gasteiger partial charge in [-0.25, -0.2) is 9.78 Å². The largest absolute Gasteiger partial charge is 0.478 e. The smallest absolute Gasteiger partial charge is 0.328 e. The fourth-order valence-electron chi connectivity index (χ4n) is 1.70. The van der Waals surface area contributed by atoms with Gasteiger partial charge >= 0.3 is 5.97 Å². The van der Waals surface area contributed by atoms with Gasteiger partial charge in [0, 0.05) is 18.8 Å². The van der Waals surface area contributed by atoms with Gasteiger partial charge in [-0.3, -0.25) is 4.79 Å². The predicted molar refractivity (Wildman–Crippen MR) is 72.7 cm³/mol. The molecule has 1 aromatic rings. The van der Waals surface area contributed by atoms with Crippen LogP contribution in [-0.2, 0) is 9.59 Å². The molecule has 0 aromatic carbocycles. The minimum atomic E-state index is -1.01. The van der Waals surface area contributed by atoms with Crippen LogP contribution in [0.4, 0.5) is 5.82 Å². The molecule has 0 aliphatic rings.